The van der Waals surface area contributed by atoms with Crippen LogP contribution in [0.2, 0.25) is 5.02 Å². The van der Waals surface area contributed by atoms with Crippen LogP contribution in [0, 0.1) is 6.92 Å². The molecule has 33 heavy (non-hydrogen) atoms. The summed E-state index contributed by atoms with van der Waals surface area (Å²) in [6.07, 6.45) is 0.392. The molecular weight excluding hydrogens is 504 g/mol. The highest BCUT2D eigenvalue weighted by atomic mass is 79.9. The lowest BCUT2D eigenvalue weighted by Gasteiger charge is -2.31. The summed E-state index contributed by atoms with van der Waals surface area (Å²) in [4.78, 5) is 28.0. The van der Waals surface area contributed by atoms with E-state index in [9.17, 15) is 9.59 Å². The van der Waals surface area contributed by atoms with Crippen molar-refractivity contribution in [3.63, 3.8) is 0 Å². The third-order valence-electron chi connectivity index (χ3n) is 5.36. The number of halogens is 2. The van der Waals surface area contributed by atoms with Gasteiger partial charge in [-0.1, -0.05) is 66.2 Å². The first kappa shape index (κ1) is 24.8. The summed E-state index contributed by atoms with van der Waals surface area (Å²) in [7, 11) is 1.58. The van der Waals surface area contributed by atoms with E-state index in [-0.39, 0.29) is 18.4 Å². The number of carbonyl (C=O) groups is 2. The van der Waals surface area contributed by atoms with Crippen LogP contribution in [0.3, 0.4) is 0 Å². The molecule has 0 spiro atoms. The number of aryl methyl sites for hydroxylation is 1. The molecule has 0 bridgehead atoms. The fourth-order valence-corrected chi connectivity index (χ4v) is 4.30. The van der Waals surface area contributed by atoms with Gasteiger partial charge in [0.15, 0.2) is 6.61 Å². The van der Waals surface area contributed by atoms with Gasteiger partial charge in [0.25, 0.3) is 5.91 Å². The summed E-state index contributed by atoms with van der Waals surface area (Å²) < 4.78 is 6.44. The van der Waals surface area contributed by atoms with Crippen LogP contribution in [0.4, 0.5) is 0 Å². The maximum Gasteiger partial charge on any atom is 0.261 e. The molecule has 3 aromatic carbocycles. The molecule has 7 heteroatoms. The smallest absolute Gasteiger partial charge is 0.261 e. The van der Waals surface area contributed by atoms with Gasteiger partial charge in [0.2, 0.25) is 5.91 Å². The van der Waals surface area contributed by atoms with Crippen LogP contribution in [0.25, 0.3) is 0 Å². The van der Waals surface area contributed by atoms with Crippen molar-refractivity contribution in [2.45, 2.75) is 25.9 Å². The molecular formula is C26H26BrClN2O3. The van der Waals surface area contributed by atoms with Crippen molar-refractivity contribution in [2.24, 2.45) is 0 Å². The topological polar surface area (TPSA) is 58.6 Å². The van der Waals surface area contributed by atoms with Gasteiger partial charge in [-0.25, -0.2) is 0 Å². The normalized spacial score (nSPS) is 11.5. The summed E-state index contributed by atoms with van der Waals surface area (Å²) in [6, 6.07) is 21.9. The second-order valence-electron chi connectivity index (χ2n) is 7.63. The second kappa shape index (κ2) is 11.9. The Morgan fingerprint density at radius 1 is 1.06 bits per heavy atom. The summed E-state index contributed by atoms with van der Waals surface area (Å²) in [5.41, 5.74) is 2.99. The second-order valence-corrected chi connectivity index (χ2v) is 8.92. The van der Waals surface area contributed by atoms with Crippen LogP contribution in [0.15, 0.2) is 77.3 Å². The van der Waals surface area contributed by atoms with Gasteiger partial charge in [0.1, 0.15) is 11.8 Å². The number of carbonyl (C=O) groups excluding carboxylic acids is 2. The molecule has 0 saturated heterocycles. The van der Waals surface area contributed by atoms with Crippen LogP contribution < -0.4 is 10.1 Å². The molecule has 0 heterocycles. The molecule has 2 amide bonds. The average molecular weight is 530 g/mol. The Hall–Kier alpha value is -2.83. The predicted molar refractivity (Wildman–Crippen MR) is 134 cm³/mol. The van der Waals surface area contributed by atoms with Crippen molar-refractivity contribution in [1.82, 2.24) is 10.2 Å². The van der Waals surface area contributed by atoms with Gasteiger partial charge in [-0.3, -0.25) is 9.59 Å². The number of nitrogens with zero attached hydrogens (tertiary/aromatic N) is 1. The first-order valence-corrected chi connectivity index (χ1v) is 11.7. The molecule has 0 aliphatic rings. The molecule has 1 atom stereocenters. The fourth-order valence-electron chi connectivity index (χ4n) is 3.51. The molecule has 0 radical (unpaired) electrons. The lowest BCUT2D eigenvalue weighted by molar-refractivity contribution is -0.142. The number of likely N-dealkylation sites (N-methyl/N-ethyl adjacent to an activating group) is 1. The Morgan fingerprint density at radius 3 is 2.42 bits per heavy atom. The van der Waals surface area contributed by atoms with E-state index in [2.05, 4.69) is 21.2 Å². The zero-order valence-electron chi connectivity index (χ0n) is 18.6. The van der Waals surface area contributed by atoms with Crippen molar-refractivity contribution < 1.29 is 14.3 Å². The quantitative estimate of drug-likeness (QED) is 0.416. The average Bonchev–Trinajstić information content (AvgIpc) is 2.82. The lowest BCUT2D eigenvalue weighted by atomic mass is 10.0. The highest BCUT2D eigenvalue weighted by Gasteiger charge is 2.30. The van der Waals surface area contributed by atoms with E-state index >= 15 is 0 Å². The van der Waals surface area contributed by atoms with E-state index in [1.54, 1.807) is 30.1 Å². The number of ether oxygens (including phenoxy) is 1. The Bertz CT molecular complexity index is 1110. The summed E-state index contributed by atoms with van der Waals surface area (Å²) in [6.45, 7) is 2.07. The van der Waals surface area contributed by atoms with E-state index in [0.29, 0.717) is 28.2 Å². The van der Waals surface area contributed by atoms with E-state index in [1.807, 2.05) is 61.5 Å². The maximum absolute atomic E-state index is 13.4. The minimum atomic E-state index is -0.693. The number of rotatable bonds is 9. The van der Waals surface area contributed by atoms with Crippen LogP contribution in [0.5, 0.6) is 5.75 Å². The highest BCUT2D eigenvalue weighted by Crippen LogP contribution is 2.28. The van der Waals surface area contributed by atoms with Crippen LogP contribution in [-0.2, 0) is 22.6 Å². The van der Waals surface area contributed by atoms with E-state index in [4.69, 9.17) is 16.3 Å². The predicted octanol–water partition coefficient (Wildman–Crippen LogP) is 5.18. The first-order chi connectivity index (χ1) is 15.9. The Labute approximate surface area is 207 Å². The monoisotopic (exact) mass is 528 g/mol. The van der Waals surface area contributed by atoms with Crippen LogP contribution in [0.1, 0.15) is 16.7 Å². The third kappa shape index (κ3) is 6.83. The number of benzene rings is 3. The van der Waals surface area contributed by atoms with Crippen molar-refractivity contribution in [1.29, 1.82) is 0 Å². The third-order valence-corrected chi connectivity index (χ3v) is 6.22. The molecule has 3 aromatic rings. The molecule has 3 rings (SSSR count). The Kier molecular flexibility index (Phi) is 8.92. The summed E-state index contributed by atoms with van der Waals surface area (Å²) in [5.74, 6) is -0.0127. The Morgan fingerprint density at radius 2 is 1.76 bits per heavy atom. The molecule has 0 saturated carbocycles. The molecule has 0 aliphatic carbocycles. The van der Waals surface area contributed by atoms with Gasteiger partial charge in [-0.05, 0) is 57.7 Å². The van der Waals surface area contributed by atoms with Crippen molar-refractivity contribution in [3.05, 3.63) is 99.0 Å². The standard InChI is InChI=1S/C26H26BrClN2O3/c1-18-8-6-7-11-20(18)16-30(23(26(32)29-2)14-19-9-4-3-5-10-19)25(31)17-33-24-13-12-21(28)15-22(24)27/h3-13,15,23H,14,16-17H2,1-2H3,(H,29,32)/t23-/m1/s1. The molecule has 0 unspecified atom stereocenters. The SMILES string of the molecule is CNC(=O)[C@@H](Cc1ccccc1)N(Cc1ccccc1C)C(=O)COc1ccc(Cl)cc1Br. The lowest BCUT2D eigenvalue weighted by Crippen LogP contribution is -2.51. The van der Waals surface area contributed by atoms with Crippen molar-refractivity contribution in [2.75, 3.05) is 13.7 Å². The fraction of sp³-hybridized carbons (Fsp3) is 0.231. The van der Waals surface area contributed by atoms with Gasteiger partial charge in [0.05, 0.1) is 4.47 Å². The summed E-state index contributed by atoms with van der Waals surface area (Å²) in [5, 5.41) is 3.27. The number of amides is 2. The molecule has 0 fully saturated rings. The van der Waals surface area contributed by atoms with Gasteiger partial charge in [-0.2, -0.15) is 0 Å². The van der Waals surface area contributed by atoms with Crippen LogP contribution >= 0.6 is 27.5 Å². The highest BCUT2D eigenvalue weighted by molar-refractivity contribution is 9.10. The molecule has 172 valence electrons. The van der Waals surface area contributed by atoms with Gasteiger partial charge >= 0.3 is 0 Å². The van der Waals surface area contributed by atoms with Crippen LogP contribution in [-0.4, -0.2) is 36.4 Å². The Balaban J connectivity index is 1.89. The number of nitrogens with one attached hydrogen (secondary N) is 1. The largest absolute Gasteiger partial charge is 0.483 e. The van der Waals surface area contributed by atoms with Gasteiger partial charge < -0.3 is 15.0 Å². The van der Waals surface area contributed by atoms with Gasteiger partial charge in [-0.15, -0.1) is 0 Å². The van der Waals surface area contributed by atoms with Gasteiger partial charge in [0, 0.05) is 25.0 Å². The molecule has 0 aliphatic heterocycles. The first-order valence-electron chi connectivity index (χ1n) is 10.6. The summed E-state index contributed by atoms with van der Waals surface area (Å²) >= 11 is 9.41. The van der Waals surface area contributed by atoms with E-state index in [0.717, 1.165) is 16.7 Å². The van der Waals surface area contributed by atoms with Crippen molar-refractivity contribution >= 4 is 39.3 Å². The van der Waals surface area contributed by atoms with Crippen molar-refractivity contribution in [3.8, 4) is 5.75 Å². The number of hydrogen-bond acceptors (Lipinski definition) is 3. The van der Waals surface area contributed by atoms with E-state index in [1.165, 1.54) is 0 Å². The molecule has 0 aromatic heterocycles. The minimum absolute atomic E-state index is 0.214. The zero-order chi connectivity index (χ0) is 23.8. The molecule has 5 nitrogen and oxygen atoms in total. The molecule has 1 N–H and O–H groups in total. The minimum Gasteiger partial charge on any atom is -0.483 e. The number of hydrogen-bond donors (Lipinski definition) is 1. The zero-order valence-corrected chi connectivity index (χ0v) is 20.9. The maximum atomic E-state index is 13.4. The van der Waals surface area contributed by atoms with E-state index < -0.39 is 6.04 Å².